The molecule has 4 heteroatoms. The van der Waals surface area contributed by atoms with Crippen molar-refractivity contribution in [3.05, 3.63) is 273 Å². The Morgan fingerprint density at radius 1 is 0.386 bits per heavy atom. The number of allylic oxidation sites excluding steroid dienone is 2. The maximum Gasteiger partial charge on any atom is 0.179 e. The summed E-state index contributed by atoms with van der Waals surface area (Å²) in [5.74, 6) is 0. The van der Waals surface area contributed by atoms with E-state index in [1.807, 2.05) is 0 Å². The van der Waals surface area contributed by atoms with Gasteiger partial charge in [-0.2, -0.15) is 0 Å². The van der Waals surface area contributed by atoms with E-state index in [1.165, 1.54) is 109 Å². The lowest BCUT2D eigenvalue weighted by molar-refractivity contribution is 0.788. The first-order valence-corrected chi connectivity index (χ1v) is 26.4. The van der Waals surface area contributed by atoms with Crippen LogP contribution in [0.5, 0.6) is 0 Å². The smallest absolute Gasteiger partial charge is 0.179 e. The zero-order chi connectivity index (χ0) is 46.2. The molecule has 3 heterocycles. The van der Waals surface area contributed by atoms with E-state index in [9.17, 15) is 0 Å². The Bertz CT molecular complexity index is 3950. The van der Waals surface area contributed by atoms with Crippen molar-refractivity contribution in [1.29, 1.82) is 0 Å². The predicted molar refractivity (Wildman–Crippen MR) is 300 cm³/mol. The molecule has 0 saturated carbocycles. The van der Waals surface area contributed by atoms with Crippen LogP contribution in [-0.4, -0.2) is 23.1 Å². The molecule has 0 N–H and O–H groups in total. The fraction of sp³-hybridized carbons (Fsp3) is 0.0303. The topological polar surface area (TPSA) is 12.6 Å². The van der Waals surface area contributed by atoms with Crippen LogP contribution in [0.15, 0.2) is 267 Å². The van der Waals surface area contributed by atoms with Crippen LogP contribution in [0.25, 0.3) is 71.2 Å². The van der Waals surface area contributed by atoms with E-state index in [0.29, 0.717) is 0 Å². The molecule has 0 aliphatic heterocycles. The van der Waals surface area contributed by atoms with Crippen molar-refractivity contribution in [2.45, 2.75) is 12.5 Å². The molecular weight excluding hydrogens is 863 g/mol. The van der Waals surface area contributed by atoms with Crippen LogP contribution in [0.3, 0.4) is 0 Å². The highest BCUT2D eigenvalue weighted by Crippen LogP contribution is 2.44. The molecule has 0 radical (unpaired) electrons. The molecule has 10 aromatic carbocycles. The van der Waals surface area contributed by atoms with Gasteiger partial charge in [-0.05, 0) is 105 Å². The fourth-order valence-electron chi connectivity index (χ4n) is 12.1. The van der Waals surface area contributed by atoms with Gasteiger partial charge in [0.05, 0.1) is 33.6 Å². The van der Waals surface area contributed by atoms with E-state index in [2.05, 4.69) is 281 Å². The summed E-state index contributed by atoms with van der Waals surface area (Å²) in [4.78, 5) is 2.60. The van der Waals surface area contributed by atoms with Gasteiger partial charge in [0.15, 0.2) is 8.07 Å². The van der Waals surface area contributed by atoms with E-state index in [-0.39, 0.29) is 6.04 Å². The number of hydrogen-bond acceptors (Lipinski definition) is 1. The highest BCUT2D eigenvalue weighted by molar-refractivity contribution is 7.19. The van der Waals surface area contributed by atoms with Gasteiger partial charge in [-0.15, -0.1) is 0 Å². The van der Waals surface area contributed by atoms with Crippen molar-refractivity contribution in [2.75, 3.05) is 4.90 Å². The summed E-state index contributed by atoms with van der Waals surface area (Å²) in [6.07, 6.45) is 8.11. The van der Waals surface area contributed by atoms with Gasteiger partial charge in [0.1, 0.15) is 0 Å². The average Bonchev–Trinajstić information content (AvgIpc) is 4.08. The summed E-state index contributed by atoms with van der Waals surface area (Å²) in [5, 5.41) is 13.1. The van der Waals surface area contributed by atoms with Gasteiger partial charge >= 0.3 is 0 Å². The molecule has 0 spiro atoms. The van der Waals surface area contributed by atoms with Crippen molar-refractivity contribution in [3.8, 4) is 5.69 Å². The number of anilines is 2. The summed E-state index contributed by atoms with van der Waals surface area (Å²) in [6, 6.07) is 92.7. The molecule has 3 aromatic heterocycles. The molecular formula is C66H47N3Si. The summed E-state index contributed by atoms with van der Waals surface area (Å²) >= 11 is 0. The minimum Gasteiger partial charge on any atom is -0.334 e. The molecule has 3 nitrogen and oxygen atoms in total. The van der Waals surface area contributed by atoms with Crippen LogP contribution in [0.2, 0.25) is 0 Å². The van der Waals surface area contributed by atoms with Crippen molar-refractivity contribution < 1.29 is 0 Å². The molecule has 1 atom stereocenters. The van der Waals surface area contributed by atoms with Crippen LogP contribution in [0, 0.1) is 0 Å². The second-order valence-electron chi connectivity index (χ2n) is 18.8. The van der Waals surface area contributed by atoms with Gasteiger partial charge in [0.25, 0.3) is 0 Å². The molecule has 70 heavy (non-hydrogen) atoms. The second kappa shape index (κ2) is 16.2. The number of para-hydroxylation sites is 4. The quantitative estimate of drug-likeness (QED) is 0.104. The van der Waals surface area contributed by atoms with Crippen LogP contribution in [-0.2, 0) is 0 Å². The molecule has 14 rings (SSSR count). The molecule has 330 valence electrons. The molecule has 1 aliphatic carbocycles. The molecule has 1 unspecified atom stereocenters. The summed E-state index contributed by atoms with van der Waals surface area (Å²) in [7, 11) is -2.73. The number of rotatable bonds is 9. The van der Waals surface area contributed by atoms with Crippen molar-refractivity contribution in [3.63, 3.8) is 0 Å². The summed E-state index contributed by atoms with van der Waals surface area (Å²) in [5.41, 5.74) is 12.2. The van der Waals surface area contributed by atoms with Crippen molar-refractivity contribution in [2.24, 2.45) is 0 Å². The van der Waals surface area contributed by atoms with Crippen molar-refractivity contribution in [1.82, 2.24) is 8.97 Å². The van der Waals surface area contributed by atoms with E-state index >= 15 is 0 Å². The number of nitrogens with zero attached hydrogens (tertiary/aromatic N) is 3. The Morgan fingerprint density at radius 3 is 1.40 bits per heavy atom. The van der Waals surface area contributed by atoms with Gasteiger partial charge in [0.2, 0.25) is 0 Å². The van der Waals surface area contributed by atoms with Gasteiger partial charge in [-0.25, -0.2) is 0 Å². The lowest BCUT2D eigenvalue weighted by Crippen LogP contribution is -2.74. The molecule has 0 amide bonds. The predicted octanol–water partition coefficient (Wildman–Crippen LogP) is 13.9. The third kappa shape index (κ3) is 6.13. The zero-order valence-electron chi connectivity index (χ0n) is 38.5. The highest BCUT2D eigenvalue weighted by Gasteiger charge is 2.41. The van der Waals surface area contributed by atoms with Gasteiger partial charge < -0.3 is 13.9 Å². The number of aromatic nitrogens is 2. The molecule has 0 fully saturated rings. The van der Waals surface area contributed by atoms with Gasteiger partial charge in [-0.1, -0.05) is 200 Å². The van der Waals surface area contributed by atoms with E-state index in [0.717, 1.165) is 6.42 Å². The fourth-order valence-corrected chi connectivity index (χ4v) is 16.8. The first-order chi connectivity index (χ1) is 34.7. The Labute approximate surface area is 408 Å². The minimum atomic E-state index is -2.73. The summed E-state index contributed by atoms with van der Waals surface area (Å²) < 4.78 is 4.87. The standard InChI is InChI=1S/C66H47N3Si/c1-5-19-48(20-6-1)68-62-30-16-13-27-56(62)59-43-47(35-42-65(59)68)46-33-36-49(37-34-46)67(51-44-60-57-28-14-17-31-63(57)69-64-32-18-15-29-58(64)61(45-51)66(60)69)50-38-40-55(41-39-50)70(52-21-7-2-8-22-52,53-23-9-3-10-24-53)54-25-11-4-12-26-54/h1-36,38-45,49H,37H2. The Balaban J connectivity index is 0.928. The third-order valence-electron chi connectivity index (χ3n) is 15.1. The van der Waals surface area contributed by atoms with Crippen LogP contribution in [0.1, 0.15) is 12.0 Å². The van der Waals surface area contributed by atoms with Crippen LogP contribution < -0.4 is 25.6 Å². The molecule has 13 aromatic rings. The van der Waals surface area contributed by atoms with Gasteiger partial charge in [-0.3, -0.25) is 0 Å². The van der Waals surface area contributed by atoms with Crippen LogP contribution in [0.4, 0.5) is 11.4 Å². The van der Waals surface area contributed by atoms with Crippen molar-refractivity contribution >= 4 is 106 Å². The van der Waals surface area contributed by atoms with E-state index in [1.54, 1.807) is 0 Å². The maximum absolute atomic E-state index is 2.73. The molecule has 0 bridgehead atoms. The average molecular weight is 910 g/mol. The molecule has 1 aliphatic rings. The third-order valence-corrected chi connectivity index (χ3v) is 19.9. The highest BCUT2D eigenvalue weighted by atomic mass is 28.3. The van der Waals surface area contributed by atoms with Gasteiger partial charge in [0, 0.05) is 49.4 Å². The Hall–Kier alpha value is -8.70. The number of benzene rings is 10. The maximum atomic E-state index is 2.60. The normalized spacial score (nSPS) is 14.1. The minimum absolute atomic E-state index is 0.0624. The SMILES string of the molecule is C1=CC(N(c2ccc([Si](c3ccccc3)(c3ccccc3)c3ccccc3)cc2)c2cc3c4ccccc4n4c5ccccc5c(c2)c34)CC=C1c1ccc2c(c1)c1ccccc1n2-c1ccccc1. The lowest BCUT2D eigenvalue weighted by atomic mass is 9.94. The first kappa shape index (κ1) is 40.4. The van der Waals surface area contributed by atoms with E-state index < -0.39 is 8.07 Å². The zero-order valence-corrected chi connectivity index (χ0v) is 39.5. The summed E-state index contributed by atoms with van der Waals surface area (Å²) in [6.45, 7) is 0. The molecule has 0 saturated heterocycles. The number of fused-ring (bicyclic) bond motifs is 9. The first-order valence-electron chi connectivity index (χ1n) is 24.4. The Kier molecular flexibility index (Phi) is 9.36. The largest absolute Gasteiger partial charge is 0.334 e. The lowest BCUT2D eigenvalue weighted by Gasteiger charge is -2.36. The second-order valence-corrected chi connectivity index (χ2v) is 22.6. The Morgan fingerprint density at radius 2 is 0.857 bits per heavy atom. The monoisotopic (exact) mass is 909 g/mol. The van der Waals surface area contributed by atoms with E-state index in [4.69, 9.17) is 0 Å². The van der Waals surface area contributed by atoms with Crippen LogP contribution >= 0.6 is 0 Å². The number of hydrogen-bond donors (Lipinski definition) is 0.